The van der Waals surface area contributed by atoms with Crippen LogP contribution in [0.4, 0.5) is 10.7 Å². The number of thioether (sulfide) groups is 1. The van der Waals surface area contributed by atoms with Crippen molar-refractivity contribution in [3.05, 3.63) is 70.1 Å². The minimum atomic E-state index is -0.403. The Bertz CT molecular complexity index is 1320. The molecule has 1 heterocycles. The highest BCUT2D eigenvalue weighted by Crippen LogP contribution is 2.39. The molecule has 4 rings (SSSR count). The van der Waals surface area contributed by atoms with E-state index in [0.29, 0.717) is 34.0 Å². The van der Waals surface area contributed by atoms with Crippen molar-refractivity contribution in [2.75, 3.05) is 24.9 Å². The minimum absolute atomic E-state index is 0.162. The van der Waals surface area contributed by atoms with Gasteiger partial charge in [0, 0.05) is 21.0 Å². The lowest BCUT2D eigenvalue weighted by Gasteiger charge is -2.16. The third kappa shape index (κ3) is 6.57. The first-order valence-electron chi connectivity index (χ1n) is 12.7. The van der Waals surface area contributed by atoms with Crippen molar-refractivity contribution in [2.45, 2.75) is 55.6 Å². The smallest absolute Gasteiger partial charge is 0.341 e. The minimum Gasteiger partial charge on any atom is -0.497 e. The van der Waals surface area contributed by atoms with Crippen molar-refractivity contribution >= 4 is 51.6 Å². The van der Waals surface area contributed by atoms with Gasteiger partial charge in [-0.1, -0.05) is 25.5 Å². The second kappa shape index (κ2) is 13.0. The first-order chi connectivity index (χ1) is 18.4. The number of thiophene rings is 1. The van der Waals surface area contributed by atoms with E-state index >= 15 is 0 Å². The van der Waals surface area contributed by atoms with E-state index in [2.05, 4.69) is 10.6 Å². The van der Waals surface area contributed by atoms with Crippen LogP contribution in [-0.2, 0) is 22.4 Å². The molecule has 3 aromatic rings. The molecule has 200 valence electrons. The van der Waals surface area contributed by atoms with E-state index in [1.807, 2.05) is 31.2 Å². The highest BCUT2D eigenvalue weighted by atomic mass is 32.2. The Morgan fingerprint density at radius 3 is 2.55 bits per heavy atom. The van der Waals surface area contributed by atoms with Gasteiger partial charge in [-0.2, -0.15) is 0 Å². The van der Waals surface area contributed by atoms with E-state index in [9.17, 15) is 14.4 Å². The van der Waals surface area contributed by atoms with Crippen molar-refractivity contribution in [1.82, 2.24) is 0 Å². The number of carbonyl (C=O) groups is 3. The molecule has 1 aliphatic rings. The molecule has 0 spiro atoms. The molecule has 0 saturated carbocycles. The Morgan fingerprint density at radius 1 is 1.00 bits per heavy atom. The van der Waals surface area contributed by atoms with Crippen LogP contribution in [0.5, 0.6) is 5.75 Å². The van der Waals surface area contributed by atoms with Crippen LogP contribution < -0.4 is 15.4 Å². The van der Waals surface area contributed by atoms with Crippen molar-refractivity contribution in [1.29, 1.82) is 0 Å². The zero-order chi connectivity index (χ0) is 27.1. The largest absolute Gasteiger partial charge is 0.497 e. The number of hydrogen-bond donors (Lipinski definition) is 2. The molecule has 0 aliphatic heterocycles. The van der Waals surface area contributed by atoms with Crippen LogP contribution in [0.2, 0.25) is 0 Å². The third-order valence-electron chi connectivity index (χ3n) is 6.41. The number of amides is 2. The number of esters is 1. The number of carbonyl (C=O) groups excluding carboxylic acids is 3. The standard InChI is InChI=1S/C29H32N2O5S2/c1-4-23(27(33)31-28-25(29(34)36-3)22-14-6-5-7-15-24(22)38-28)37-21-13-9-11-19(17-21)30-26(32)18-10-8-12-20(16-18)35-2/h8-13,16-17,23H,4-7,14-15H2,1-3H3,(H,30,32)(H,31,33). The quantitative estimate of drug-likeness (QED) is 0.177. The fraction of sp³-hybridized carbons (Fsp3) is 0.345. The SMILES string of the molecule is CCC(Sc1cccc(NC(=O)c2cccc(OC)c2)c1)C(=O)Nc1sc2c(c1C(=O)OC)CCCCC2. The number of hydrogen-bond acceptors (Lipinski definition) is 7. The molecule has 0 bridgehead atoms. The van der Waals surface area contributed by atoms with Crippen LogP contribution in [0.1, 0.15) is 63.8 Å². The average Bonchev–Trinajstić information content (AvgIpc) is 3.10. The Balaban J connectivity index is 1.47. The van der Waals surface area contributed by atoms with Crippen molar-refractivity contribution in [3.63, 3.8) is 0 Å². The number of fused-ring (bicyclic) bond motifs is 1. The molecule has 1 aromatic heterocycles. The number of nitrogens with one attached hydrogen (secondary N) is 2. The van der Waals surface area contributed by atoms with Crippen molar-refractivity contribution in [3.8, 4) is 5.75 Å². The Morgan fingerprint density at radius 2 is 1.79 bits per heavy atom. The molecule has 2 amide bonds. The van der Waals surface area contributed by atoms with Gasteiger partial charge in [-0.3, -0.25) is 9.59 Å². The van der Waals surface area contributed by atoms with Gasteiger partial charge in [-0.15, -0.1) is 23.1 Å². The summed E-state index contributed by atoms with van der Waals surface area (Å²) < 4.78 is 10.3. The van der Waals surface area contributed by atoms with Crippen LogP contribution in [0, 0.1) is 0 Å². The first kappa shape index (κ1) is 27.7. The predicted octanol–water partition coefficient (Wildman–Crippen LogP) is 6.57. The Labute approximate surface area is 231 Å². The Hall–Kier alpha value is -3.30. The summed E-state index contributed by atoms with van der Waals surface area (Å²) in [5, 5.41) is 6.13. The topological polar surface area (TPSA) is 93.7 Å². The molecule has 2 N–H and O–H groups in total. The van der Waals surface area contributed by atoms with Gasteiger partial charge in [0.05, 0.1) is 25.0 Å². The maximum absolute atomic E-state index is 13.3. The van der Waals surface area contributed by atoms with Crippen LogP contribution in [0.15, 0.2) is 53.4 Å². The summed E-state index contributed by atoms with van der Waals surface area (Å²) in [6, 6.07) is 14.4. The second-order valence-electron chi connectivity index (χ2n) is 8.98. The van der Waals surface area contributed by atoms with Gasteiger partial charge in [-0.25, -0.2) is 4.79 Å². The number of benzene rings is 2. The fourth-order valence-corrected chi connectivity index (χ4v) is 6.74. The van der Waals surface area contributed by atoms with Crippen LogP contribution in [0.3, 0.4) is 0 Å². The first-order valence-corrected chi connectivity index (χ1v) is 14.4. The van der Waals surface area contributed by atoms with E-state index in [4.69, 9.17) is 9.47 Å². The maximum atomic E-state index is 13.3. The number of methoxy groups -OCH3 is 2. The molecule has 0 saturated heterocycles. The summed E-state index contributed by atoms with van der Waals surface area (Å²) >= 11 is 2.92. The Kier molecular flexibility index (Phi) is 9.47. The van der Waals surface area contributed by atoms with Crippen LogP contribution >= 0.6 is 23.1 Å². The summed E-state index contributed by atoms with van der Waals surface area (Å²) in [6.45, 7) is 1.95. The zero-order valence-electron chi connectivity index (χ0n) is 21.8. The average molecular weight is 553 g/mol. The van der Waals surface area contributed by atoms with Gasteiger partial charge in [0.2, 0.25) is 5.91 Å². The van der Waals surface area contributed by atoms with Gasteiger partial charge in [-0.05, 0) is 74.1 Å². The molecule has 0 radical (unpaired) electrons. The molecule has 1 aliphatic carbocycles. The predicted molar refractivity (Wildman–Crippen MR) is 153 cm³/mol. The second-order valence-corrected chi connectivity index (χ2v) is 11.4. The maximum Gasteiger partial charge on any atom is 0.341 e. The molecule has 7 nitrogen and oxygen atoms in total. The normalized spacial score (nSPS) is 13.6. The summed E-state index contributed by atoms with van der Waals surface area (Å²) in [6.07, 6.45) is 5.58. The summed E-state index contributed by atoms with van der Waals surface area (Å²) in [7, 11) is 2.93. The zero-order valence-corrected chi connectivity index (χ0v) is 23.4. The molecule has 1 unspecified atom stereocenters. The molecule has 9 heteroatoms. The lowest BCUT2D eigenvalue weighted by atomic mass is 10.1. The van der Waals surface area contributed by atoms with E-state index in [1.54, 1.807) is 31.4 Å². The lowest BCUT2D eigenvalue weighted by molar-refractivity contribution is -0.115. The van der Waals surface area contributed by atoms with E-state index in [-0.39, 0.29) is 17.1 Å². The molecular weight excluding hydrogens is 520 g/mol. The van der Waals surface area contributed by atoms with Gasteiger partial charge in [0.15, 0.2) is 0 Å². The molecule has 2 aromatic carbocycles. The third-order valence-corrected chi connectivity index (χ3v) is 8.98. The number of anilines is 2. The summed E-state index contributed by atoms with van der Waals surface area (Å²) in [4.78, 5) is 40.7. The summed E-state index contributed by atoms with van der Waals surface area (Å²) in [5.41, 5.74) is 2.65. The lowest BCUT2D eigenvalue weighted by Crippen LogP contribution is -2.25. The van der Waals surface area contributed by atoms with E-state index in [0.717, 1.165) is 42.6 Å². The highest BCUT2D eigenvalue weighted by molar-refractivity contribution is 8.00. The van der Waals surface area contributed by atoms with Gasteiger partial charge < -0.3 is 20.1 Å². The fourth-order valence-electron chi connectivity index (χ4n) is 4.44. The molecule has 1 atom stereocenters. The van der Waals surface area contributed by atoms with Crippen LogP contribution in [-0.4, -0.2) is 37.3 Å². The molecule has 38 heavy (non-hydrogen) atoms. The van der Waals surface area contributed by atoms with Crippen LogP contribution in [0.25, 0.3) is 0 Å². The van der Waals surface area contributed by atoms with Gasteiger partial charge in [0.1, 0.15) is 10.8 Å². The number of ether oxygens (including phenoxy) is 2. The number of rotatable bonds is 9. The van der Waals surface area contributed by atoms with E-state index in [1.165, 1.54) is 35.1 Å². The highest BCUT2D eigenvalue weighted by Gasteiger charge is 2.28. The molecule has 0 fully saturated rings. The van der Waals surface area contributed by atoms with Crippen molar-refractivity contribution in [2.24, 2.45) is 0 Å². The van der Waals surface area contributed by atoms with Gasteiger partial charge >= 0.3 is 5.97 Å². The van der Waals surface area contributed by atoms with E-state index < -0.39 is 5.97 Å². The van der Waals surface area contributed by atoms with Gasteiger partial charge in [0.25, 0.3) is 5.91 Å². The monoisotopic (exact) mass is 552 g/mol. The summed E-state index contributed by atoms with van der Waals surface area (Å²) in [5.74, 6) is -0.204. The number of aryl methyl sites for hydroxylation is 1. The van der Waals surface area contributed by atoms with Crippen molar-refractivity contribution < 1.29 is 23.9 Å². The molecular formula is C29H32N2O5S2.